The van der Waals surface area contributed by atoms with Crippen LogP contribution in [0.3, 0.4) is 0 Å². The van der Waals surface area contributed by atoms with Gasteiger partial charge in [-0.1, -0.05) is 74.4 Å². The van der Waals surface area contributed by atoms with Crippen molar-refractivity contribution >= 4 is 17.8 Å². The molecule has 2 aromatic carbocycles. The Morgan fingerprint density at radius 3 is 2.26 bits per heavy atom. The lowest BCUT2D eigenvalue weighted by molar-refractivity contribution is -0.140. The van der Waals surface area contributed by atoms with Gasteiger partial charge in [-0.15, -0.1) is 0 Å². The number of aryl methyl sites for hydroxylation is 1. The molecule has 0 saturated carbocycles. The largest absolute Gasteiger partial charge is 0.450 e. The third-order valence-corrected chi connectivity index (χ3v) is 6.92. The SMILES string of the molecule is CC[C@H](NC(=O)OCCCCCCc1ccccc1-c1ccccc1)C(=O)N(C)[C@@H](CC(C)OC)C(C)=O. The number of benzene rings is 2. The summed E-state index contributed by atoms with van der Waals surface area (Å²) in [6.45, 7) is 5.42. The van der Waals surface area contributed by atoms with Gasteiger partial charge < -0.3 is 19.7 Å². The summed E-state index contributed by atoms with van der Waals surface area (Å²) in [7, 11) is 3.16. The number of ketones is 1. The number of rotatable bonds is 16. The molecule has 0 bridgehead atoms. The Morgan fingerprint density at radius 1 is 0.947 bits per heavy atom. The molecule has 0 radical (unpaired) electrons. The van der Waals surface area contributed by atoms with Gasteiger partial charge in [-0.2, -0.15) is 0 Å². The van der Waals surface area contributed by atoms with E-state index in [1.54, 1.807) is 14.2 Å². The van der Waals surface area contributed by atoms with E-state index in [0.717, 1.165) is 32.1 Å². The van der Waals surface area contributed by atoms with Crippen LogP contribution in [0, 0.1) is 0 Å². The van der Waals surface area contributed by atoms with E-state index in [2.05, 4.69) is 53.8 Å². The van der Waals surface area contributed by atoms with Gasteiger partial charge in [0.2, 0.25) is 5.91 Å². The fraction of sp³-hybridized carbons (Fsp3) is 0.516. The van der Waals surface area contributed by atoms with Crippen molar-refractivity contribution in [3.63, 3.8) is 0 Å². The molecule has 0 fully saturated rings. The van der Waals surface area contributed by atoms with Gasteiger partial charge in [-0.3, -0.25) is 9.59 Å². The van der Waals surface area contributed by atoms with Crippen LogP contribution in [-0.4, -0.2) is 61.6 Å². The van der Waals surface area contributed by atoms with E-state index in [0.29, 0.717) is 19.4 Å². The van der Waals surface area contributed by atoms with Crippen molar-refractivity contribution in [1.29, 1.82) is 0 Å². The molecule has 2 amide bonds. The number of hydrogen-bond donors (Lipinski definition) is 1. The van der Waals surface area contributed by atoms with Crippen LogP contribution in [0.2, 0.25) is 0 Å². The van der Waals surface area contributed by atoms with E-state index in [9.17, 15) is 14.4 Å². The number of nitrogens with one attached hydrogen (secondary N) is 1. The average molecular weight is 525 g/mol. The Labute approximate surface area is 227 Å². The molecule has 2 aromatic rings. The molecule has 7 nitrogen and oxygen atoms in total. The first-order chi connectivity index (χ1) is 18.3. The maximum absolute atomic E-state index is 13.0. The van der Waals surface area contributed by atoms with Crippen molar-refractivity contribution in [2.24, 2.45) is 0 Å². The third kappa shape index (κ3) is 9.93. The number of carbonyl (C=O) groups is 3. The lowest BCUT2D eigenvalue weighted by Gasteiger charge is -2.31. The van der Waals surface area contributed by atoms with E-state index in [1.807, 2.05) is 19.9 Å². The van der Waals surface area contributed by atoms with Crippen molar-refractivity contribution in [1.82, 2.24) is 10.2 Å². The van der Waals surface area contributed by atoms with E-state index < -0.39 is 18.2 Å². The molecular weight excluding hydrogens is 480 g/mol. The number of alkyl carbamates (subject to hydrolysis) is 1. The number of ether oxygens (including phenoxy) is 2. The van der Waals surface area contributed by atoms with Gasteiger partial charge >= 0.3 is 6.09 Å². The highest BCUT2D eigenvalue weighted by Gasteiger charge is 2.30. The monoisotopic (exact) mass is 524 g/mol. The highest BCUT2D eigenvalue weighted by Crippen LogP contribution is 2.25. The zero-order valence-electron chi connectivity index (χ0n) is 23.6. The molecule has 0 aromatic heterocycles. The Balaban J connectivity index is 1.72. The molecule has 0 heterocycles. The van der Waals surface area contributed by atoms with Crippen molar-refractivity contribution < 1.29 is 23.9 Å². The van der Waals surface area contributed by atoms with Crippen LogP contribution in [0.15, 0.2) is 54.6 Å². The number of unbranched alkanes of at least 4 members (excludes halogenated alkanes) is 3. The van der Waals surface area contributed by atoms with Crippen molar-refractivity contribution in [2.45, 2.75) is 83.9 Å². The quantitative estimate of drug-likeness (QED) is 0.281. The van der Waals surface area contributed by atoms with Gasteiger partial charge in [-0.25, -0.2) is 4.79 Å². The third-order valence-electron chi connectivity index (χ3n) is 6.92. The average Bonchev–Trinajstić information content (AvgIpc) is 2.93. The second kappa shape index (κ2) is 16.6. The summed E-state index contributed by atoms with van der Waals surface area (Å²) >= 11 is 0. The van der Waals surface area contributed by atoms with Crippen molar-refractivity contribution in [2.75, 3.05) is 20.8 Å². The van der Waals surface area contributed by atoms with Crippen LogP contribution >= 0.6 is 0 Å². The maximum atomic E-state index is 13.0. The fourth-order valence-corrected chi connectivity index (χ4v) is 4.50. The molecule has 1 unspecified atom stereocenters. The van der Waals surface area contributed by atoms with Crippen LogP contribution in [0.25, 0.3) is 11.1 Å². The van der Waals surface area contributed by atoms with E-state index in [-0.39, 0.29) is 17.8 Å². The summed E-state index contributed by atoms with van der Waals surface area (Å²) in [4.78, 5) is 38.8. The Kier molecular flexibility index (Phi) is 13.6. The van der Waals surface area contributed by atoms with Crippen molar-refractivity contribution in [3.05, 3.63) is 60.2 Å². The highest BCUT2D eigenvalue weighted by atomic mass is 16.5. The number of Topliss-reactive ketones (excluding diaryl/α,β-unsaturated/α-hetero) is 1. The van der Waals surface area contributed by atoms with Gasteiger partial charge in [0, 0.05) is 20.6 Å². The van der Waals surface area contributed by atoms with Crippen LogP contribution in [0.4, 0.5) is 4.79 Å². The predicted octanol–water partition coefficient (Wildman–Crippen LogP) is 5.80. The van der Waals surface area contributed by atoms with Gasteiger partial charge in [0.1, 0.15) is 6.04 Å². The molecule has 38 heavy (non-hydrogen) atoms. The summed E-state index contributed by atoms with van der Waals surface area (Å²) in [6.07, 6.45) is 4.84. The highest BCUT2D eigenvalue weighted by molar-refractivity contribution is 5.91. The maximum Gasteiger partial charge on any atom is 0.407 e. The van der Waals surface area contributed by atoms with Gasteiger partial charge in [-0.05, 0) is 56.2 Å². The molecule has 7 heteroatoms. The molecular formula is C31H44N2O5. The summed E-state index contributed by atoms with van der Waals surface area (Å²) in [5.74, 6) is -0.436. The number of likely N-dealkylation sites (N-methyl/N-ethyl adjacent to an activating group) is 1. The second-order valence-corrected chi connectivity index (χ2v) is 9.79. The van der Waals surface area contributed by atoms with Gasteiger partial charge in [0.15, 0.2) is 5.78 Å². The number of amides is 2. The van der Waals surface area contributed by atoms with Crippen LogP contribution in [0.1, 0.15) is 64.9 Å². The van der Waals surface area contributed by atoms with E-state index in [4.69, 9.17) is 9.47 Å². The van der Waals surface area contributed by atoms with Crippen molar-refractivity contribution in [3.8, 4) is 11.1 Å². The zero-order valence-corrected chi connectivity index (χ0v) is 23.6. The standard InChI is InChI=1S/C31H44N2O5/c1-6-28(30(35)33(4)29(24(3)34)22-23(2)37-5)32-31(36)38-21-15-8-7-10-16-26-19-13-14-20-27(26)25-17-11-9-12-18-25/h9,11-14,17-20,23,28-29H,6-8,10,15-16,21-22H2,1-5H3,(H,32,36)/t23?,28-,29-/m0/s1. The molecule has 0 aliphatic rings. The van der Waals surface area contributed by atoms with Crippen LogP contribution in [-0.2, 0) is 25.5 Å². The Morgan fingerprint density at radius 2 is 1.61 bits per heavy atom. The first kappa shape index (κ1) is 31.0. The smallest absolute Gasteiger partial charge is 0.407 e. The topological polar surface area (TPSA) is 84.9 Å². The lowest BCUT2D eigenvalue weighted by Crippen LogP contribution is -2.52. The first-order valence-electron chi connectivity index (χ1n) is 13.6. The van der Waals surface area contributed by atoms with E-state index >= 15 is 0 Å². The first-order valence-corrected chi connectivity index (χ1v) is 13.6. The minimum Gasteiger partial charge on any atom is -0.450 e. The number of nitrogens with zero attached hydrogens (tertiary/aromatic N) is 1. The number of methoxy groups -OCH3 is 1. The molecule has 3 atom stereocenters. The van der Waals surface area contributed by atoms with Gasteiger partial charge in [0.25, 0.3) is 0 Å². The van der Waals surface area contributed by atoms with Gasteiger partial charge in [0.05, 0.1) is 18.8 Å². The number of carbonyl (C=O) groups excluding carboxylic acids is 3. The molecule has 0 saturated heterocycles. The zero-order chi connectivity index (χ0) is 27.9. The molecule has 208 valence electrons. The fourth-order valence-electron chi connectivity index (χ4n) is 4.50. The van der Waals surface area contributed by atoms with Crippen LogP contribution < -0.4 is 5.32 Å². The molecule has 0 spiro atoms. The normalized spacial score (nSPS) is 13.3. The molecule has 0 aliphatic heterocycles. The van der Waals surface area contributed by atoms with E-state index in [1.165, 1.54) is 28.5 Å². The summed E-state index contributed by atoms with van der Waals surface area (Å²) in [5, 5.41) is 2.66. The predicted molar refractivity (Wildman–Crippen MR) is 151 cm³/mol. The Hall–Kier alpha value is -3.19. The van der Waals surface area contributed by atoms with Crippen LogP contribution in [0.5, 0.6) is 0 Å². The minimum atomic E-state index is -0.753. The molecule has 0 aliphatic carbocycles. The molecule has 2 rings (SSSR count). The molecule has 1 N–H and O–H groups in total. The number of hydrogen-bond acceptors (Lipinski definition) is 5. The summed E-state index contributed by atoms with van der Waals surface area (Å²) in [6, 6.07) is 17.6. The summed E-state index contributed by atoms with van der Waals surface area (Å²) in [5.41, 5.74) is 3.86. The minimum absolute atomic E-state index is 0.120. The Bertz CT molecular complexity index is 1010. The summed E-state index contributed by atoms with van der Waals surface area (Å²) < 4.78 is 10.6. The lowest BCUT2D eigenvalue weighted by atomic mass is 9.96. The second-order valence-electron chi connectivity index (χ2n) is 9.79.